The van der Waals surface area contributed by atoms with Gasteiger partial charge in [-0.25, -0.2) is 9.97 Å². The summed E-state index contributed by atoms with van der Waals surface area (Å²) >= 11 is 6.01. The molecule has 1 heterocycles. The Balaban J connectivity index is 2.29. The molecule has 2 N–H and O–H groups in total. The minimum Gasteiger partial charge on any atom is -0.481 e. The number of halogens is 1. The van der Waals surface area contributed by atoms with E-state index in [1.807, 2.05) is 13.8 Å². The summed E-state index contributed by atoms with van der Waals surface area (Å²) in [7, 11) is 0. The summed E-state index contributed by atoms with van der Waals surface area (Å²) in [6, 6.07) is 6.70. The topological polar surface area (TPSA) is 92.2 Å². The number of hydrogen-bond donors (Lipinski definition) is 2. The lowest BCUT2D eigenvalue weighted by Crippen LogP contribution is -2.17. The number of rotatable bonds is 5. The number of carbonyl (C=O) groups excluding carboxylic acids is 1. The first-order valence-electron chi connectivity index (χ1n) is 7.02. The molecule has 0 bridgehead atoms. The van der Waals surface area contributed by atoms with Gasteiger partial charge in [-0.3, -0.25) is 9.59 Å². The van der Waals surface area contributed by atoms with Crippen LogP contribution in [0.3, 0.4) is 0 Å². The molecule has 0 aliphatic carbocycles. The van der Waals surface area contributed by atoms with Crippen molar-refractivity contribution in [1.29, 1.82) is 0 Å². The third-order valence-electron chi connectivity index (χ3n) is 3.10. The van der Waals surface area contributed by atoms with E-state index in [0.29, 0.717) is 17.1 Å². The normalized spacial score (nSPS) is 10.6. The van der Waals surface area contributed by atoms with Crippen LogP contribution in [0.15, 0.2) is 30.5 Å². The van der Waals surface area contributed by atoms with Crippen molar-refractivity contribution < 1.29 is 14.7 Å². The maximum Gasteiger partial charge on any atom is 0.307 e. The molecule has 0 spiro atoms. The maximum absolute atomic E-state index is 12.4. The molecule has 6 nitrogen and oxygen atoms in total. The Hall–Kier alpha value is -2.47. The third kappa shape index (κ3) is 4.26. The molecule has 120 valence electrons. The van der Waals surface area contributed by atoms with Crippen molar-refractivity contribution in [2.45, 2.75) is 26.2 Å². The zero-order chi connectivity index (χ0) is 17.0. The second-order valence-electron chi connectivity index (χ2n) is 5.26. The maximum atomic E-state index is 12.4. The Morgan fingerprint density at radius 2 is 2.00 bits per heavy atom. The van der Waals surface area contributed by atoms with E-state index in [9.17, 15) is 9.59 Å². The van der Waals surface area contributed by atoms with Crippen molar-refractivity contribution in [3.05, 3.63) is 52.6 Å². The van der Waals surface area contributed by atoms with Crippen LogP contribution in [0.25, 0.3) is 0 Å². The van der Waals surface area contributed by atoms with E-state index in [0.717, 1.165) is 0 Å². The number of benzene rings is 1. The first kappa shape index (κ1) is 16.9. The van der Waals surface area contributed by atoms with Crippen molar-refractivity contribution in [1.82, 2.24) is 9.97 Å². The fourth-order valence-corrected chi connectivity index (χ4v) is 2.14. The number of hydrogen-bond acceptors (Lipinski definition) is 4. The highest BCUT2D eigenvalue weighted by atomic mass is 35.5. The fraction of sp³-hybridized carbons (Fsp3) is 0.250. The number of aliphatic carboxylic acids is 1. The van der Waals surface area contributed by atoms with Crippen molar-refractivity contribution in [3.8, 4) is 0 Å². The highest BCUT2D eigenvalue weighted by molar-refractivity contribution is 6.33. The number of aromatic nitrogens is 2. The average Bonchev–Trinajstić information content (AvgIpc) is 2.48. The van der Waals surface area contributed by atoms with Crippen molar-refractivity contribution >= 4 is 29.2 Å². The molecule has 2 aromatic rings. The number of anilines is 1. The van der Waals surface area contributed by atoms with Crippen LogP contribution in [0.1, 0.15) is 41.6 Å². The quantitative estimate of drug-likeness (QED) is 0.877. The van der Waals surface area contributed by atoms with Crippen LogP contribution >= 0.6 is 11.6 Å². The molecular weight excluding hydrogens is 318 g/mol. The van der Waals surface area contributed by atoms with Gasteiger partial charge in [-0.05, 0) is 11.6 Å². The summed E-state index contributed by atoms with van der Waals surface area (Å²) in [5.41, 5.74) is 0.985. The summed E-state index contributed by atoms with van der Waals surface area (Å²) in [5.74, 6) is -0.914. The van der Waals surface area contributed by atoms with Crippen LogP contribution in [0.5, 0.6) is 0 Å². The highest BCUT2D eigenvalue weighted by Crippen LogP contribution is 2.20. The molecule has 2 rings (SSSR count). The zero-order valence-corrected chi connectivity index (χ0v) is 13.5. The van der Waals surface area contributed by atoms with Crippen LogP contribution in [-0.2, 0) is 11.2 Å². The second-order valence-corrected chi connectivity index (χ2v) is 5.67. The van der Waals surface area contributed by atoms with Gasteiger partial charge in [0, 0.05) is 11.6 Å². The summed E-state index contributed by atoms with van der Waals surface area (Å²) in [6.07, 6.45) is 1.20. The largest absolute Gasteiger partial charge is 0.481 e. The summed E-state index contributed by atoms with van der Waals surface area (Å²) in [4.78, 5) is 31.6. The van der Waals surface area contributed by atoms with Crippen molar-refractivity contribution in [2.24, 2.45) is 0 Å². The molecule has 0 unspecified atom stereocenters. The number of nitrogens with zero attached hydrogens (tertiary/aromatic N) is 2. The van der Waals surface area contributed by atoms with Gasteiger partial charge in [-0.2, -0.15) is 0 Å². The lowest BCUT2D eigenvalue weighted by Gasteiger charge is -2.11. The molecule has 0 fully saturated rings. The predicted octanol–water partition coefficient (Wildman–Crippen LogP) is 3.13. The minimum atomic E-state index is -0.978. The molecule has 1 amide bonds. The van der Waals surface area contributed by atoms with Gasteiger partial charge in [0.25, 0.3) is 5.91 Å². The monoisotopic (exact) mass is 333 g/mol. The molecule has 23 heavy (non-hydrogen) atoms. The number of carboxylic acids is 1. The molecule has 0 saturated carbocycles. The van der Waals surface area contributed by atoms with Crippen LogP contribution < -0.4 is 5.32 Å². The third-order valence-corrected chi connectivity index (χ3v) is 3.38. The average molecular weight is 334 g/mol. The van der Waals surface area contributed by atoms with Crippen LogP contribution in [0.4, 0.5) is 5.69 Å². The molecular formula is C16H16ClN3O3. The molecule has 1 aromatic carbocycles. The standard InChI is InChI=1S/C16H16ClN3O3/c1-9(2)15-18-8-11(17)14(20-15)16(23)19-12-6-4-3-5-10(12)7-13(21)22/h3-6,8-9H,7H2,1-2H3,(H,19,23)(H,21,22). The Kier molecular flexibility index (Phi) is 5.28. The molecule has 7 heteroatoms. The smallest absolute Gasteiger partial charge is 0.307 e. The predicted molar refractivity (Wildman–Crippen MR) is 86.9 cm³/mol. The minimum absolute atomic E-state index is 0.0538. The van der Waals surface area contributed by atoms with E-state index >= 15 is 0 Å². The van der Waals surface area contributed by atoms with Gasteiger partial charge in [0.1, 0.15) is 5.82 Å². The Labute approximate surface area is 138 Å². The van der Waals surface area contributed by atoms with Gasteiger partial charge in [0.2, 0.25) is 0 Å². The van der Waals surface area contributed by atoms with Gasteiger partial charge in [-0.15, -0.1) is 0 Å². The summed E-state index contributed by atoms with van der Waals surface area (Å²) in [6.45, 7) is 3.82. The number of carbonyl (C=O) groups is 2. The van der Waals surface area contributed by atoms with Gasteiger partial charge in [0.05, 0.1) is 17.6 Å². The molecule has 0 radical (unpaired) electrons. The molecule has 1 aromatic heterocycles. The first-order valence-corrected chi connectivity index (χ1v) is 7.39. The lowest BCUT2D eigenvalue weighted by atomic mass is 10.1. The van der Waals surface area contributed by atoms with Crippen LogP contribution in [0.2, 0.25) is 5.02 Å². The number of amides is 1. The SMILES string of the molecule is CC(C)c1ncc(Cl)c(C(=O)Nc2ccccc2CC(=O)O)n1. The van der Waals surface area contributed by atoms with Gasteiger partial charge >= 0.3 is 5.97 Å². The van der Waals surface area contributed by atoms with Crippen molar-refractivity contribution in [3.63, 3.8) is 0 Å². The first-order chi connectivity index (χ1) is 10.9. The van der Waals surface area contributed by atoms with Crippen molar-refractivity contribution in [2.75, 3.05) is 5.32 Å². The molecule has 0 aliphatic rings. The van der Waals surface area contributed by atoms with E-state index in [1.54, 1.807) is 24.3 Å². The van der Waals surface area contributed by atoms with Gasteiger partial charge < -0.3 is 10.4 Å². The number of carboxylic acid groups (broad SMARTS) is 1. The highest BCUT2D eigenvalue weighted by Gasteiger charge is 2.17. The van der Waals surface area contributed by atoms with E-state index in [1.165, 1.54) is 6.20 Å². The molecule has 0 aliphatic heterocycles. The van der Waals surface area contributed by atoms with E-state index in [-0.39, 0.29) is 23.1 Å². The Morgan fingerprint density at radius 3 is 2.65 bits per heavy atom. The van der Waals surface area contributed by atoms with E-state index < -0.39 is 11.9 Å². The van der Waals surface area contributed by atoms with Gasteiger partial charge in [-0.1, -0.05) is 43.6 Å². The molecule has 0 saturated heterocycles. The number of nitrogens with one attached hydrogen (secondary N) is 1. The number of para-hydroxylation sites is 1. The molecule has 0 atom stereocenters. The summed E-state index contributed by atoms with van der Waals surface area (Å²) < 4.78 is 0. The second kappa shape index (κ2) is 7.19. The fourth-order valence-electron chi connectivity index (χ4n) is 1.96. The Morgan fingerprint density at radius 1 is 1.30 bits per heavy atom. The van der Waals surface area contributed by atoms with Crippen LogP contribution in [-0.4, -0.2) is 27.0 Å². The van der Waals surface area contributed by atoms with E-state index in [4.69, 9.17) is 16.7 Å². The summed E-state index contributed by atoms with van der Waals surface area (Å²) in [5, 5.41) is 11.7. The van der Waals surface area contributed by atoms with Crippen LogP contribution in [0, 0.1) is 0 Å². The zero-order valence-electron chi connectivity index (χ0n) is 12.7. The Bertz CT molecular complexity index is 747. The van der Waals surface area contributed by atoms with Gasteiger partial charge in [0.15, 0.2) is 5.69 Å². The lowest BCUT2D eigenvalue weighted by molar-refractivity contribution is -0.136. The van der Waals surface area contributed by atoms with E-state index in [2.05, 4.69) is 15.3 Å².